The van der Waals surface area contributed by atoms with Crippen molar-refractivity contribution in [2.75, 3.05) is 5.32 Å². The molecule has 0 bridgehead atoms. The number of urea groups is 1. The molecule has 1 fully saturated rings. The normalized spacial score (nSPS) is 14.4. The lowest BCUT2D eigenvalue weighted by Gasteiger charge is -2.15. The van der Waals surface area contributed by atoms with Crippen molar-refractivity contribution in [2.45, 2.75) is 44.7 Å². The van der Waals surface area contributed by atoms with Gasteiger partial charge >= 0.3 is 6.03 Å². The molecule has 3 N–H and O–H groups in total. The summed E-state index contributed by atoms with van der Waals surface area (Å²) >= 11 is 0. The van der Waals surface area contributed by atoms with Crippen molar-refractivity contribution < 1.29 is 9.90 Å². The summed E-state index contributed by atoms with van der Waals surface area (Å²) in [5, 5.41) is 27.1. The summed E-state index contributed by atoms with van der Waals surface area (Å²) in [4.78, 5) is 12.3. The summed E-state index contributed by atoms with van der Waals surface area (Å²) in [7, 11) is 0. The van der Waals surface area contributed by atoms with Crippen LogP contribution in [0.25, 0.3) is 11.4 Å². The Bertz CT molecular complexity index is 964. The van der Waals surface area contributed by atoms with Gasteiger partial charge in [0.2, 0.25) is 0 Å². The van der Waals surface area contributed by atoms with E-state index in [1.807, 2.05) is 48.0 Å². The maximum absolute atomic E-state index is 12.3. The molecule has 2 amide bonds. The highest BCUT2D eigenvalue weighted by Crippen LogP contribution is 2.36. The van der Waals surface area contributed by atoms with Crippen molar-refractivity contribution in [3.05, 3.63) is 54.1 Å². The molecule has 3 aromatic rings. The Morgan fingerprint density at radius 3 is 2.59 bits per heavy atom. The Balaban J connectivity index is 1.28. The van der Waals surface area contributed by atoms with Gasteiger partial charge < -0.3 is 15.7 Å². The zero-order valence-electron chi connectivity index (χ0n) is 16.2. The summed E-state index contributed by atoms with van der Waals surface area (Å²) in [6.07, 6.45) is 3.86. The van der Waals surface area contributed by atoms with Crippen molar-refractivity contribution >= 4 is 11.7 Å². The monoisotopic (exact) mass is 392 g/mol. The van der Waals surface area contributed by atoms with Gasteiger partial charge in [0, 0.05) is 17.3 Å². The number of phenols is 1. The molecule has 0 spiro atoms. The first-order valence-electron chi connectivity index (χ1n) is 9.82. The zero-order valence-corrected chi connectivity index (χ0v) is 16.2. The number of hydrogen-bond donors (Lipinski definition) is 3. The van der Waals surface area contributed by atoms with Crippen molar-refractivity contribution in [2.24, 2.45) is 0 Å². The molecule has 1 unspecified atom stereocenters. The fourth-order valence-electron chi connectivity index (χ4n) is 3.16. The number of aryl methyl sites for hydroxylation is 1. The van der Waals surface area contributed by atoms with Crippen LogP contribution in [0.5, 0.6) is 5.75 Å². The maximum atomic E-state index is 12.3. The third-order valence-corrected chi connectivity index (χ3v) is 4.97. The molecule has 29 heavy (non-hydrogen) atoms. The molecule has 4 rings (SSSR count). The Hall–Kier alpha value is -3.42. The van der Waals surface area contributed by atoms with E-state index in [0.29, 0.717) is 11.7 Å². The van der Waals surface area contributed by atoms with Crippen molar-refractivity contribution in [3.63, 3.8) is 0 Å². The van der Waals surface area contributed by atoms with E-state index in [-0.39, 0.29) is 17.8 Å². The molecule has 0 aliphatic heterocycles. The first-order chi connectivity index (χ1) is 14.1. The topological polar surface area (TPSA) is 105 Å². The zero-order chi connectivity index (χ0) is 20.2. The number of amides is 2. The standard InChI is InChI=1S/C21H24N6O2/c1-14(2-3-15-4-12-19(28)13-5-15)22-21(29)23-17-8-6-16(7-9-17)20-24-25-26-27(20)18-10-11-18/h4-9,12-14,18,28H,2-3,10-11H2,1H3,(H2,22,23,29). The second kappa shape index (κ2) is 8.30. The van der Waals surface area contributed by atoms with Crippen LogP contribution in [0.2, 0.25) is 0 Å². The lowest BCUT2D eigenvalue weighted by atomic mass is 10.1. The fourth-order valence-corrected chi connectivity index (χ4v) is 3.16. The van der Waals surface area contributed by atoms with E-state index in [9.17, 15) is 9.90 Å². The van der Waals surface area contributed by atoms with E-state index in [4.69, 9.17) is 0 Å². The smallest absolute Gasteiger partial charge is 0.319 e. The largest absolute Gasteiger partial charge is 0.508 e. The summed E-state index contributed by atoms with van der Waals surface area (Å²) < 4.78 is 1.87. The van der Waals surface area contributed by atoms with Gasteiger partial charge in [-0.05, 0) is 85.0 Å². The van der Waals surface area contributed by atoms with Crippen molar-refractivity contribution in [3.8, 4) is 17.1 Å². The number of nitrogens with one attached hydrogen (secondary N) is 2. The van der Waals surface area contributed by atoms with E-state index >= 15 is 0 Å². The molecule has 1 saturated carbocycles. The van der Waals surface area contributed by atoms with Crippen LogP contribution < -0.4 is 10.6 Å². The molecule has 2 aromatic carbocycles. The number of carbonyl (C=O) groups excluding carboxylic acids is 1. The van der Waals surface area contributed by atoms with E-state index in [1.54, 1.807) is 12.1 Å². The molecule has 150 valence electrons. The second-order valence-corrected chi connectivity index (χ2v) is 7.46. The van der Waals surface area contributed by atoms with Crippen LogP contribution in [0.4, 0.5) is 10.5 Å². The van der Waals surface area contributed by atoms with E-state index in [1.165, 1.54) is 0 Å². The molecular weight excluding hydrogens is 368 g/mol. The number of aromatic hydroxyl groups is 1. The van der Waals surface area contributed by atoms with Gasteiger partial charge in [-0.3, -0.25) is 0 Å². The molecule has 1 aromatic heterocycles. The van der Waals surface area contributed by atoms with Gasteiger partial charge in [0.15, 0.2) is 5.82 Å². The highest BCUT2D eigenvalue weighted by Gasteiger charge is 2.28. The number of rotatable bonds is 7. The molecule has 0 saturated heterocycles. The minimum absolute atomic E-state index is 0.0197. The third kappa shape index (κ3) is 4.90. The number of tetrazole rings is 1. The van der Waals surface area contributed by atoms with Gasteiger partial charge in [-0.25, -0.2) is 9.48 Å². The van der Waals surface area contributed by atoms with Crippen LogP contribution in [0.15, 0.2) is 48.5 Å². The quantitative estimate of drug-likeness (QED) is 0.570. The van der Waals surface area contributed by atoms with Gasteiger partial charge in [-0.2, -0.15) is 0 Å². The lowest BCUT2D eigenvalue weighted by Crippen LogP contribution is -2.36. The molecule has 1 aliphatic rings. The summed E-state index contributed by atoms with van der Waals surface area (Å²) in [6.45, 7) is 1.97. The maximum Gasteiger partial charge on any atom is 0.319 e. The second-order valence-electron chi connectivity index (χ2n) is 7.46. The lowest BCUT2D eigenvalue weighted by molar-refractivity contribution is 0.248. The van der Waals surface area contributed by atoms with Gasteiger partial charge in [0.05, 0.1) is 6.04 Å². The first kappa shape index (κ1) is 18.9. The predicted molar refractivity (Wildman–Crippen MR) is 110 cm³/mol. The average Bonchev–Trinajstić information content (AvgIpc) is 3.44. The third-order valence-electron chi connectivity index (χ3n) is 4.97. The van der Waals surface area contributed by atoms with Gasteiger partial charge in [0.25, 0.3) is 0 Å². The number of benzene rings is 2. The molecular formula is C21H24N6O2. The molecule has 0 radical (unpaired) electrons. The van der Waals surface area contributed by atoms with E-state index in [2.05, 4.69) is 26.2 Å². The van der Waals surface area contributed by atoms with Crippen LogP contribution in [-0.2, 0) is 6.42 Å². The van der Waals surface area contributed by atoms with Crippen LogP contribution in [0.1, 0.15) is 37.8 Å². The highest BCUT2D eigenvalue weighted by atomic mass is 16.3. The van der Waals surface area contributed by atoms with Gasteiger partial charge in [0.1, 0.15) is 5.75 Å². The van der Waals surface area contributed by atoms with Crippen LogP contribution in [0, 0.1) is 0 Å². The number of phenolic OH excluding ortho intramolecular Hbond substituents is 1. The number of anilines is 1. The average molecular weight is 392 g/mol. The minimum Gasteiger partial charge on any atom is -0.508 e. The van der Waals surface area contributed by atoms with E-state index < -0.39 is 0 Å². The van der Waals surface area contributed by atoms with E-state index in [0.717, 1.165) is 42.6 Å². The van der Waals surface area contributed by atoms with Crippen LogP contribution >= 0.6 is 0 Å². The summed E-state index contributed by atoms with van der Waals surface area (Å²) in [5.74, 6) is 1.01. The predicted octanol–water partition coefficient (Wildman–Crippen LogP) is 3.52. The molecule has 1 heterocycles. The number of nitrogens with zero attached hydrogens (tertiary/aromatic N) is 4. The highest BCUT2D eigenvalue weighted by molar-refractivity contribution is 5.89. The molecule has 8 heteroatoms. The Labute approximate surface area is 168 Å². The molecule has 8 nitrogen and oxygen atoms in total. The Kier molecular flexibility index (Phi) is 5.41. The first-order valence-corrected chi connectivity index (χ1v) is 9.82. The minimum atomic E-state index is -0.237. The Morgan fingerprint density at radius 1 is 1.17 bits per heavy atom. The van der Waals surface area contributed by atoms with Crippen molar-refractivity contribution in [1.29, 1.82) is 0 Å². The summed E-state index contributed by atoms with van der Waals surface area (Å²) in [5.41, 5.74) is 2.76. The van der Waals surface area contributed by atoms with Gasteiger partial charge in [-0.15, -0.1) is 5.10 Å². The van der Waals surface area contributed by atoms with Crippen molar-refractivity contribution in [1.82, 2.24) is 25.5 Å². The number of aromatic nitrogens is 4. The fraction of sp³-hybridized carbons (Fsp3) is 0.333. The van der Waals surface area contributed by atoms with Crippen LogP contribution in [-0.4, -0.2) is 37.4 Å². The van der Waals surface area contributed by atoms with Gasteiger partial charge in [-0.1, -0.05) is 12.1 Å². The SMILES string of the molecule is CC(CCc1ccc(O)cc1)NC(=O)Nc1ccc(-c2nnnn2C2CC2)cc1. The number of carbonyl (C=O) groups is 1. The Morgan fingerprint density at radius 2 is 1.90 bits per heavy atom. The molecule has 1 aliphatic carbocycles. The van der Waals surface area contributed by atoms with Crippen LogP contribution in [0.3, 0.4) is 0 Å². The summed E-state index contributed by atoms with van der Waals surface area (Å²) in [6, 6.07) is 14.8. The number of hydrogen-bond acceptors (Lipinski definition) is 5. The molecule has 1 atom stereocenters.